The van der Waals surface area contributed by atoms with Crippen molar-refractivity contribution in [2.45, 2.75) is 32.4 Å². The number of methoxy groups -OCH3 is 1. The molecule has 0 aliphatic carbocycles. The first kappa shape index (κ1) is 19.5. The monoisotopic (exact) mass is 388 g/mol. The van der Waals surface area contributed by atoms with Gasteiger partial charge in [-0.25, -0.2) is 4.79 Å². The van der Waals surface area contributed by atoms with Gasteiger partial charge in [-0.15, -0.1) is 0 Å². The van der Waals surface area contributed by atoms with E-state index in [2.05, 4.69) is 5.32 Å². The molecule has 1 saturated heterocycles. The third kappa shape index (κ3) is 5.15. The number of rotatable bonds is 6. The van der Waals surface area contributed by atoms with Crippen LogP contribution in [-0.4, -0.2) is 37.3 Å². The number of anilines is 1. The van der Waals surface area contributed by atoms with E-state index >= 15 is 0 Å². The van der Waals surface area contributed by atoms with Gasteiger partial charge in [-0.05, 0) is 43.5 Å². The second-order valence-corrected chi connectivity index (χ2v) is 7.13. The molecule has 2 aromatic carbocycles. The number of carbonyl (C=O) groups excluding carboxylic acids is 1. The molecular formula is C21H25ClN2O3. The van der Waals surface area contributed by atoms with Crippen LogP contribution in [-0.2, 0) is 11.3 Å². The Balaban J connectivity index is 1.77. The third-order valence-corrected chi connectivity index (χ3v) is 5.12. The molecule has 0 spiro atoms. The van der Waals surface area contributed by atoms with Crippen LogP contribution in [0.1, 0.15) is 24.0 Å². The molecule has 1 heterocycles. The minimum Gasteiger partial charge on any atom is -0.496 e. The van der Waals surface area contributed by atoms with E-state index in [9.17, 15) is 4.79 Å². The van der Waals surface area contributed by atoms with Gasteiger partial charge in [0.05, 0.1) is 19.8 Å². The summed E-state index contributed by atoms with van der Waals surface area (Å²) in [6, 6.07) is 13.1. The number of benzene rings is 2. The number of amides is 2. The molecule has 6 heteroatoms. The largest absolute Gasteiger partial charge is 0.496 e. The minimum atomic E-state index is -0.184. The summed E-state index contributed by atoms with van der Waals surface area (Å²) in [7, 11) is 1.64. The van der Waals surface area contributed by atoms with E-state index in [4.69, 9.17) is 21.1 Å². The number of ether oxygens (including phenoxy) is 2. The van der Waals surface area contributed by atoms with Crippen LogP contribution in [0.2, 0.25) is 5.02 Å². The molecule has 0 radical (unpaired) electrons. The number of carbonyl (C=O) groups is 1. The van der Waals surface area contributed by atoms with E-state index in [1.807, 2.05) is 43.3 Å². The normalized spacial score (nSPS) is 16.2. The maximum atomic E-state index is 13.0. The smallest absolute Gasteiger partial charge is 0.322 e. The molecule has 5 nitrogen and oxygen atoms in total. The van der Waals surface area contributed by atoms with Crippen molar-refractivity contribution >= 4 is 23.3 Å². The van der Waals surface area contributed by atoms with Crippen molar-refractivity contribution in [1.82, 2.24) is 4.90 Å². The maximum absolute atomic E-state index is 13.0. The number of aryl methyl sites for hydroxylation is 1. The van der Waals surface area contributed by atoms with Crippen LogP contribution >= 0.6 is 11.6 Å². The molecule has 0 aromatic heterocycles. The Labute approximate surface area is 165 Å². The standard InChI is InChI=1S/C21H25ClN2O3/c1-15-9-10-17(12-19(15)22)23-21(25)24(14-18-7-5-11-27-18)13-16-6-3-4-8-20(16)26-2/h3-4,6,8-10,12,18H,5,7,11,13-14H2,1-2H3,(H,23,25). The highest BCUT2D eigenvalue weighted by molar-refractivity contribution is 6.31. The molecule has 1 aliphatic rings. The molecule has 1 aliphatic heterocycles. The van der Waals surface area contributed by atoms with Gasteiger partial charge in [0.2, 0.25) is 0 Å². The van der Waals surface area contributed by atoms with Crippen molar-refractivity contribution in [3.63, 3.8) is 0 Å². The Kier molecular flexibility index (Phi) is 6.58. The van der Waals surface area contributed by atoms with E-state index in [0.29, 0.717) is 23.8 Å². The highest BCUT2D eigenvalue weighted by Gasteiger charge is 2.24. The number of para-hydroxylation sites is 1. The van der Waals surface area contributed by atoms with Gasteiger partial charge in [0, 0.05) is 29.4 Å². The fraction of sp³-hybridized carbons (Fsp3) is 0.381. The van der Waals surface area contributed by atoms with Crippen LogP contribution in [0.25, 0.3) is 0 Å². The van der Waals surface area contributed by atoms with Gasteiger partial charge >= 0.3 is 6.03 Å². The number of urea groups is 1. The molecule has 1 N–H and O–H groups in total. The highest BCUT2D eigenvalue weighted by Crippen LogP contribution is 2.23. The van der Waals surface area contributed by atoms with Gasteiger partial charge in [0.1, 0.15) is 5.75 Å². The van der Waals surface area contributed by atoms with Crippen LogP contribution < -0.4 is 10.1 Å². The zero-order valence-corrected chi connectivity index (χ0v) is 16.5. The average molecular weight is 389 g/mol. The molecule has 27 heavy (non-hydrogen) atoms. The second-order valence-electron chi connectivity index (χ2n) is 6.72. The first-order valence-electron chi connectivity index (χ1n) is 9.12. The van der Waals surface area contributed by atoms with Gasteiger partial charge in [0.25, 0.3) is 0 Å². The Morgan fingerprint density at radius 1 is 1.33 bits per heavy atom. The van der Waals surface area contributed by atoms with Gasteiger partial charge < -0.3 is 19.7 Å². The van der Waals surface area contributed by atoms with Crippen LogP contribution in [0.15, 0.2) is 42.5 Å². The minimum absolute atomic E-state index is 0.0621. The van der Waals surface area contributed by atoms with E-state index in [1.165, 1.54) is 0 Å². The topological polar surface area (TPSA) is 50.8 Å². The molecule has 2 amide bonds. The van der Waals surface area contributed by atoms with Crippen molar-refractivity contribution in [1.29, 1.82) is 0 Å². The van der Waals surface area contributed by atoms with E-state index in [1.54, 1.807) is 18.1 Å². The lowest BCUT2D eigenvalue weighted by Gasteiger charge is -2.26. The summed E-state index contributed by atoms with van der Waals surface area (Å²) < 4.78 is 11.2. The van der Waals surface area contributed by atoms with Crippen molar-refractivity contribution in [2.24, 2.45) is 0 Å². The van der Waals surface area contributed by atoms with E-state index in [0.717, 1.165) is 36.3 Å². The van der Waals surface area contributed by atoms with Crippen LogP contribution in [0.3, 0.4) is 0 Å². The summed E-state index contributed by atoms with van der Waals surface area (Å²) >= 11 is 6.18. The van der Waals surface area contributed by atoms with Gasteiger partial charge in [-0.3, -0.25) is 0 Å². The Morgan fingerprint density at radius 2 is 2.15 bits per heavy atom. The Hall–Kier alpha value is -2.24. The number of nitrogens with one attached hydrogen (secondary N) is 1. The van der Waals surface area contributed by atoms with Crippen LogP contribution in [0, 0.1) is 6.92 Å². The summed E-state index contributed by atoms with van der Waals surface area (Å²) in [6.07, 6.45) is 2.06. The Morgan fingerprint density at radius 3 is 2.85 bits per heavy atom. The average Bonchev–Trinajstić information content (AvgIpc) is 3.18. The lowest BCUT2D eigenvalue weighted by Crippen LogP contribution is -2.39. The van der Waals surface area contributed by atoms with Crippen LogP contribution in [0.4, 0.5) is 10.5 Å². The zero-order valence-electron chi connectivity index (χ0n) is 15.7. The Bertz CT molecular complexity index is 791. The van der Waals surface area contributed by atoms with Gasteiger partial charge in [-0.1, -0.05) is 35.9 Å². The summed E-state index contributed by atoms with van der Waals surface area (Å²) in [6.45, 7) is 3.65. The van der Waals surface area contributed by atoms with E-state index in [-0.39, 0.29) is 12.1 Å². The molecule has 0 saturated carbocycles. The lowest BCUT2D eigenvalue weighted by atomic mass is 10.1. The molecule has 144 valence electrons. The van der Waals surface area contributed by atoms with Crippen molar-refractivity contribution in [2.75, 3.05) is 25.6 Å². The summed E-state index contributed by atoms with van der Waals surface area (Å²) in [5.41, 5.74) is 2.60. The number of nitrogens with zero attached hydrogens (tertiary/aromatic N) is 1. The number of hydrogen-bond donors (Lipinski definition) is 1. The van der Waals surface area contributed by atoms with E-state index < -0.39 is 0 Å². The third-order valence-electron chi connectivity index (χ3n) is 4.71. The highest BCUT2D eigenvalue weighted by atomic mass is 35.5. The molecule has 0 bridgehead atoms. The van der Waals surface area contributed by atoms with Gasteiger partial charge in [0.15, 0.2) is 0 Å². The molecule has 2 aromatic rings. The molecule has 1 fully saturated rings. The number of hydrogen-bond acceptors (Lipinski definition) is 3. The zero-order chi connectivity index (χ0) is 19.2. The van der Waals surface area contributed by atoms with Gasteiger partial charge in [-0.2, -0.15) is 0 Å². The van der Waals surface area contributed by atoms with Crippen molar-refractivity contribution < 1.29 is 14.3 Å². The second kappa shape index (κ2) is 9.11. The first-order chi connectivity index (χ1) is 13.1. The molecule has 1 unspecified atom stereocenters. The fourth-order valence-corrected chi connectivity index (χ4v) is 3.35. The maximum Gasteiger partial charge on any atom is 0.322 e. The predicted molar refractivity (Wildman–Crippen MR) is 108 cm³/mol. The molecular weight excluding hydrogens is 364 g/mol. The summed E-state index contributed by atoms with van der Waals surface area (Å²) in [5, 5.41) is 3.58. The predicted octanol–water partition coefficient (Wildman–Crippen LogP) is 4.87. The molecule has 1 atom stereocenters. The summed E-state index contributed by atoms with van der Waals surface area (Å²) in [5.74, 6) is 0.765. The lowest BCUT2D eigenvalue weighted by molar-refractivity contribution is 0.0817. The fourth-order valence-electron chi connectivity index (χ4n) is 3.17. The summed E-state index contributed by atoms with van der Waals surface area (Å²) in [4.78, 5) is 14.7. The first-order valence-corrected chi connectivity index (χ1v) is 9.50. The number of halogens is 1. The molecule has 3 rings (SSSR count). The quantitative estimate of drug-likeness (QED) is 0.768. The van der Waals surface area contributed by atoms with Crippen molar-refractivity contribution in [3.8, 4) is 5.75 Å². The van der Waals surface area contributed by atoms with Crippen LogP contribution in [0.5, 0.6) is 5.75 Å². The van der Waals surface area contributed by atoms with Crippen molar-refractivity contribution in [3.05, 3.63) is 58.6 Å². The SMILES string of the molecule is COc1ccccc1CN(CC1CCCO1)C(=O)Nc1ccc(C)c(Cl)c1.